The summed E-state index contributed by atoms with van der Waals surface area (Å²) in [5.74, 6) is -0.336. The fourth-order valence-corrected chi connectivity index (χ4v) is 2.76. The van der Waals surface area contributed by atoms with Gasteiger partial charge in [0.25, 0.3) is 0 Å². The van der Waals surface area contributed by atoms with Crippen LogP contribution in [0.3, 0.4) is 0 Å². The van der Waals surface area contributed by atoms with Gasteiger partial charge in [0, 0.05) is 29.1 Å². The Morgan fingerprint density at radius 1 is 1.39 bits per heavy atom. The Morgan fingerprint density at radius 2 is 2.11 bits per heavy atom. The third-order valence-electron chi connectivity index (χ3n) is 3.08. The van der Waals surface area contributed by atoms with Crippen molar-refractivity contribution < 1.29 is 9.53 Å². The van der Waals surface area contributed by atoms with Crippen molar-refractivity contribution in [2.24, 2.45) is 5.92 Å². The van der Waals surface area contributed by atoms with Crippen LogP contribution in [0, 0.1) is 5.92 Å². The van der Waals surface area contributed by atoms with E-state index >= 15 is 0 Å². The van der Waals surface area contributed by atoms with Gasteiger partial charge in [0.2, 0.25) is 0 Å². The van der Waals surface area contributed by atoms with Gasteiger partial charge in [0.1, 0.15) is 0 Å². The van der Waals surface area contributed by atoms with Gasteiger partial charge in [-0.2, -0.15) is 0 Å². The van der Waals surface area contributed by atoms with Gasteiger partial charge in [-0.15, -0.1) is 12.4 Å². The van der Waals surface area contributed by atoms with Crippen molar-refractivity contribution in [1.82, 2.24) is 5.32 Å². The third-order valence-corrected chi connectivity index (χ3v) is 3.64. The fourth-order valence-electron chi connectivity index (χ4n) is 2.21. The summed E-state index contributed by atoms with van der Waals surface area (Å²) in [4.78, 5) is 11.6. The average molecular weight is 311 g/mol. The Labute approximate surface area is 122 Å². The quantitative estimate of drug-likeness (QED) is 0.854. The van der Waals surface area contributed by atoms with Crippen molar-refractivity contribution in [3.63, 3.8) is 0 Å². The number of hydrogen-bond acceptors (Lipinski definition) is 3. The second-order valence-corrected chi connectivity index (χ2v) is 4.90. The third kappa shape index (κ3) is 3.09. The lowest BCUT2D eigenvalue weighted by molar-refractivity contribution is -0.145. The van der Waals surface area contributed by atoms with Crippen LogP contribution in [0.5, 0.6) is 0 Å². The fraction of sp³-hybridized carbons (Fsp3) is 0.417. The van der Waals surface area contributed by atoms with E-state index in [2.05, 4.69) is 5.32 Å². The molecule has 1 saturated heterocycles. The zero-order chi connectivity index (χ0) is 12.4. The second kappa shape index (κ2) is 6.62. The van der Waals surface area contributed by atoms with Gasteiger partial charge in [-0.1, -0.05) is 29.3 Å². The number of methoxy groups -OCH3 is 1. The molecule has 0 aromatic heterocycles. The summed E-state index contributed by atoms with van der Waals surface area (Å²) < 4.78 is 4.80. The van der Waals surface area contributed by atoms with E-state index < -0.39 is 0 Å². The monoisotopic (exact) mass is 309 g/mol. The molecule has 2 unspecified atom stereocenters. The highest BCUT2D eigenvalue weighted by Gasteiger charge is 2.35. The molecule has 1 aliphatic rings. The van der Waals surface area contributed by atoms with Crippen LogP contribution >= 0.6 is 35.6 Å². The minimum absolute atomic E-state index is 0. The molecular weight excluding hydrogens is 296 g/mol. The normalized spacial score (nSPS) is 22.4. The predicted octanol–water partition coefficient (Wildman–Crippen LogP) is 2.89. The lowest BCUT2D eigenvalue weighted by Crippen LogP contribution is -2.23. The van der Waals surface area contributed by atoms with E-state index in [1.807, 2.05) is 6.07 Å². The minimum Gasteiger partial charge on any atom is -0.469 e. The van der Waals surface area contributed by atoms with Crippen LogP contribution in [-0.2, 0) is 9.53 Å². The first kappa shape index (κ1) is 15.6. The summed E-state index contributed by atoms with van der Waals surface area (Å²) >= 11 is 12.0. The number of rotatable bonds is 2. The number of halogens is 3. The van der Waals surface area contributed by atoms with Crippen molar-refractivity contribution in [3.8, 4) is 0 Å². The molecule has 0 radical (unpaired) electrons. The van der Waals surface area contributed by atoms with Crippen LogP contribution in [0.4, 0.5) is 0 Å². The van der Waals surface area contributed by atoms with E-state index in [1.165, 1.54) is 7.11 Å². The smallest absolute Gasteiger partial charge is 0.310 e. The molecule has 3 nitrogen and oxygen atoms in total. The molecule has 0 spiro atoms. The zero-order valence-electron chi connectivity index (χ0n) is 9.78. The second-order valence-electron chi connectivity index (χ2n) is 4.06. The van der Waals surface area contributed by atoms with E-state index in [0.717, 1.165) is 12.1 Å². The van der Waals surface area contributed by atoms with E-state index in [4.69, 9.17) is 27.9 Å². The van der Waals surface area contributed by atoms with Crippen molar-refractivity contribution in [2.75, 3.05) is 20.2 Å². The van der Waals surface area contributed by atoms with Crippen molar-refractivity contribution in [1.29, 1.82) is 0 Å². The first-order valence-corrected chi connectivity index (χ1v) is 6.12. The number of nitrogens with one attached hydrogen (secondary N) is 1. The molecule has 2 rings (SSSR count). The van der Waals surface area contributed by atoms with Gasteiger partial charge in [0.15, 0.2) is 0 Å². The molecule has 1 aliphatic heterocycles. The van der Waals surface area contributed by atoms with Gasteiger partial charge in [-0.25, -0.2) is 0 Å². The predicted molar refractivity (Wildman–Crippen MR) is 74.8 cm³/mol. The SMILES string of the molecule is COC(=O)C1CNCC1c1ccc(Cl)cc1Cl.Cl. The average Bonchev–Trinajstić information content (AvgIpc) is 2.77. The highest BCUT2D eigenvalue weighted by molar-refractivity contribution is 6.35. The summed E-state index contributed by atoms with van der Waals surface area (Å²) in [6, 6.07) is 5.36. The first-order chi connectivity index (χ1) is 8.13. The molecule has 18 heavy (non-hydrogen) atoms. The maximum atomic E-state index is 11.6. The minimum atomic E-state index is -0.203. The van der Waals surface area contributed by atoms with Gasteiger partial charge < -0.3 is 10.1 Å². The molecule has 0 bridgehead atoms. The Hall–Kier alpha value is -0.480. The largest absolute Gasteiger partial charge is 0.469 e. The van der Waals surface area contributed by atoms with Gasteiger partial charge in [0.05, 0.1) is 13.0 Å². The molecule has 0 saturated carbocycles. The van der Waals surface area contributed by atoms with E-state index in [1.54, 1.807) is 12.1 Å². The maximum absolute atomic E-state index is 11.6. The van der Waals surface area contributed by atoms with Crippen LogP contribution in [0.15, 0.2) is 18.2 Å². The summed E-state index contributed by atoms with van der Waals surface area (Å²) in [5.41, 5.74) is 0.941. The van der Waals surface area contributed by atoms with Crippen LogP contribution in [0.2, 0.25) is 10.0 Å². The number of carbonyl (C=O) groups is 1. The summed E-state index contributed by atoms with van der Waals surface area (Å²) in [5, 5.41) is 4.38. The highest BCUT2D eigenvalue weighted by atomic mass is 35.5. The molecule has 6 heteroatoms. The Balaban J connectivity index is 0.00000162. The number of hydrogen-bond donors (Lipinski definition) is 1. The zero-order valence-corrected chi connectivity index (χ0v) is 12.1. The molecular formula is C12H14Cl3NO2. The van der Waals surface area contributed by atoms with E-state index in [0.29, 0.717) is 16.6 Å². The van der Waals surface area contributed by atoms with Crippen molar-refractivity contribution in [2.45, 2.75) is 5.92 Å². The van der Waals surface area contributed by atoms with Crippen LogP contribution in [0.1, 0.15) is 11.5 Å². The molecule has 2 atom stereocenters. The lowest BCUT2D eigenvalue weighted by atomic mass is 9.89. The molecule has 1 aromatic carbocycles. The van der Waals surface area contributed by atoms with Crippen LogP contribution in [-0.4, -0.2) is 26.2 Å². The van der Waals surface area contributed by atoms with Crippen molar-refractivity contribution in [3.05, 3.63) is 33.8 Å². The Kier molecular flexibility index (Phi) is 5.73. The molecule has 1 N–H and O–H groups in total. The molecule has 1 heterocycles. The van der Waals surface area contributed by atoms with Gasteiger partial charge >= 0.3 is 5.97 Å². The van der Waals surface area contributed by atoms with Crippen LogP contribution < -0.4 is 5.32 Å². The Bertz CT molecular complexity index is 439. The summed E-state index contributed by atoms with van der Waals surface area (Å²) in [7, 11) is 1.40. The molecule has 0 amide bonds. The lowest BCUT2D eigenvalue weighted by Gasteiger charge is -2.18. The molecule has 100 valence electrons. The van der Waals surface area contributed by atoms with Crippen molar-refractivity contribution >= 4 is 41.6 Å². The highest BCUT2D eigenvalue weighted by Crippen LogP contribution is 2.34. The topological polar surface area (TPSA) is 38.3 Å². The summed E-state index contributed by atoms with van der Waals surface area (Å²) in [6.45, 7) is 1.34. The number of benzene rings is 1. The molecule has 0 aliphatic carbocycles. The number of carbonyl (C=O) groups excluding carboxylic acids is 1. The van der Waals surface area contributed by atoms with Crippen LogP contribution in [0.25, 0.3) is 0 Å². The Morgan fingerprint density at radius 3 is 2.72 bits per heavy atom. The molecule has 1 aromatic rings. The standard InChI is InChI=1S/C12H13Cl2NO2.ClH/c1-17-12(16)10-6-15-5-9(10)8-3-2-7(13)4-11(8)14;/h2-4,9-10,15H,5-6H2,1H3;1H. The maximum Gasteiger partial charge on any atom is 0.310 e. The first-order valence-electron chi connectivity index (χ1n) is 5.37. The van der Waals surface area contributed by atoms with Gasteiger partial charge in [-0.3, -0.25) is 4.79 Å². The van der Waals surface area contributed by atoms with E-state index in [-0.39, 0.29) is 30.2 Å². The van der Waals surface area contributed by atoms with Gasteiger partial charge in [-0.05, 0) is 17.7 Å². The number of esters is 1. The number of ether oxygens (including phenoxy) is 1. The van der Waals surface area contributed by atoms with E-state index in [9.17, 15) is 4.79 Å². The molecule has 1 fully saturated rings. The summed E-state index contributed by atoms with van der Waals surface area (Å²) in [6.07, 6.45) is 0.